The van der Waals surface area contributed by atoms with E-state index in [4.69, 9.17) is 30.5 Å². The van der Waals surface area contributed by atoms with Crippen LogP contribution in [0.2, 0.25) is 5.02 Å². The molecule has 0 saturated carbocycles. The molecule has 1 aliphatic rings. The highest BCUT2D eigenvalue weighted by Crippen LogP contribution is 2.47. The number of fused-ring (bicyclic) bond motifs is 1. The molecular formula is C25H30ClNO7. The number of aliphatic carboxylic acids is 1. The first-order valence-corrected chi connectivity index (χ1v) is 11.1. The molecule has 1 aliphatic heterocycles. The molecule has 0 spiro atoms. The highest BCUT2D eigenvalue weighted by atomic mass is 35.5. The molecule has 0 saturated heterocycles. The fourth-order valence-electron chi connectivity index (χ4n) is 4.02. The topological polar surface area (TPSA) is 94.5 Å². The number of ether oxygens (including phenoxy) is 4. The molecule has 1 amide bonds. The predicted octanol–water partition coefficient (Wildman–Crippen LogP) is 4.71. The van der Waals surface area contributed by atoms with Crippen molar-refractivity contribution in [2.24, 2.45) is 5.41 Å². The molecule has 184 valence electrons. The van der Waals surface area contributed by atoms with Crippen LogP contribution < -0.4 is 19.1 Å². The van der Waals surface area contributed by atoms with Crippen molar-refractivity contribution in [2.75, 3.05) is 32.8 Å². The van der Waals surface area contributed by atoms with Crippen LogP contribution in [0.5, 0.6) is 17.2 Å². The molecule has 2 aromatic carbocycles. The van der Waals surface area contributed by atoms with Gasteiger partial charge in [-0.25, -0.2) is 0 Å². The number of rotatable bonds is 7. The van der Waals surface area contributed by atoms with Crippen molar-refractivity contribution in [3.63, 3.8) is 0 Å². The van der Waals surface area contributed by atoms with Crippen molar-refractivity contribution in [2.45, 2.75) is 39.4 Å². The second-order valence-corrected chi connectivity index (χ2v) is 9.67. The van der Waals surface area contributed by atoms with Gasteiger partial charge in [-0.05, 0) is 23.6 Å². The van der Waals surface area contributed by atoms with Crippen LogP contribution in [0.15, 0.2) is 30.3 Å². The Bertz CT molecular complexity index is 1050. The number of benzene rings is 2. The van der Waals surface area contributed by atoms with Crippen molar-refractivity contribution in [1.29, 1.82) is 0 Å². The number of methoxy groups -OCH3 is 3. The normalized spacial score (nSPS) is 18.2. The van der Waals surface area contributed by atoms with Crippen molar-refractivity contribution in [3.05, 3.63) is 46.5 Å². The van der Waals surface area contributed by atoms with Gasteiger partial charge in [-0.1, -0.05) is 32.4 Å². The van der Waals surface area contributed by atoms with E-state index < -0.39 is 30.5 Å². The van der Waals surface area contributed by atoms with Crippen LogP contribution in [-0.4, -0.2) is 51.0 Å². The minimum Gasteiger partial charge on any atom is -0.496 e. The summed E-state index contributed by atoms with van der Waals surface area (Å²) in [5, 5.41) is 9.99. The summed E-state index contributed by atoms with van der Waals surface area (Å²) >= 11 is 6.38. The van der Waals surface area contributed by atoms with Crippen LogP contribution in [0.1, 0.15) is 44.4 Å². The first-order valence-electron chi connectivity index (χ1n) is 10.8. The molecule has 0 fully saturated rings. The van der Waals surface area contributed by atoms with E-state index in [0.29, 0.717) is 45.6 Å². The van der Waals surface area contributed by atoms with Crippen LogP contribution in [0.25, 0.3) is 0 Å². The van der Waals surface area contributed by atoms with Crippen molar-refractivity contribution in [1.82, 2.24) is 0 Å². The van der Waals surface area contributed by atoms with Gasteiger partial charge in [0, 0.05) is 35.0 Å². The number of halogens is 1. The number of anilines is 1. The molecule has 1 heterocycles. The minimum absolute atomic E-state index is 0.268. The Morgan fingerprint density at radius 1 is 1.09 bits per heavy atom. The Morgan fingerprint density at radius 2 is 1.71 bits per heavy atom. The molecule has 0 bridgehead atoms. The van der Waals surface area contributed by atoms with Crippen LogP contribution >= 0.6 is 11.6 Å². The lowest BCUT2D eigenvalue weighted by atomic mass is 9.93. The molecule has 0 aliphatic carbocycles. The van der Waals surface area contributed by atoms with Gasteiger partial charge in [-0.15, -0.1) is 0 Å². The lowest BCUT2D eigenvalue weighted by Gasteiger charge is -2.31. The molecule has 8 nitrogen and oxygen atoms in total. The first kappa shape index (κ1) is 25.6. The number of carboxylic acid groups (broad SMARTS) is 1. The quantitative estimate of drug-likeness (QED) is 0.599. The number of hydrogen-bond donors (Lipinski definition) is 1. The largest absolute Gasteiger partial charge is 0.496 e. The molecule has 0 radical (unpaired) electrons. The molecule has 2 aromatic rings. The van der Waals surface area contributed by atoms with Gasteiger partial charge >= 0.3 is 5.97 Å². The SMILES string of the molecule is COc1cc(OC)c([C@@H]2O[C@@H](CC(=O)O)C(=O)N(CC(C)(C)C)c3ccc(Cl)cc32)c(OC)c1. The summed E-state index contributed by atoms with van der Waals surface area (Å²) in [6.07, 6.45) is -2.64. The fourth-order valence-corrected chi connectivity index (χ4v) is 4.20. The fraction of sp³-hybridized carbons (Fsp3) is 0.440. The zero-order chi connectivity index (χ0) is 25.2. The third-order valence-corrected chi connectivity index (χ3v) is 5.65. The summed E-state index contributed by atoms with van der Waals surface area (Å²) in [5.74, 6) is -0.277. The first-order chi connectivity index (χ1) is 16.0. The maximum absolute atomic E-state index is 13.6. The maximum atomic E-state index is 13.6. The molecule has 0 aromatic heterocycles. The summed E-state index contributed by atoms with van der Waals surface area (Å²) in [6.45, 7) is 6.35. The van der Waals surface area contributed by atoms with Gasteiger partial charge < -0.3 is 29.0 Å². The Kier molecular flexibility index (Phi) is 7.63. The zero-order valence-corrected chi connectivity index (χ0v) is 20.9. The number of carbonyl (C=O) groups excluding carboxylic acids is 1. The van der Waals surface area contributed by atoms with Gasteiger partial charge in [0.15, 0.2) is 0 Å². The molecule has 0 unspecified atom stereocenters. The van der Waals surface area contributed by atoms with Gasteiger partial charge in [0.1, 0.15) is 29.5 Å². The Morgan fingerprint density at radius 3 is 2.21 bits per heavy atom. The molecule has 3 rings (SSSR count). The Hall–Kier alpha value is -2.97. The minimum atomic E-state index is -1.24. The third kappa shape index (κ3) is 5.39. The summed E-state index contributed by atoms with van der Waals surface area (Å²) in [7, 11) is 4.52. The van der Waals surface area contributed by atoms with E-state index in [2.05, 4.69) is 0 Å². The second-order valence-electron chi connectivity index (χ2n) is 9.24. The Labute approximate surface area is 204 Å². The monoisotopic (exact) mass is 491 g/mol. The van der Waals surface area contributed by atoms with E-state index in [9.17, 15) is 14.7 Å². The van der Waals surface area contributed by atoms with Crippen LogP contribution in [-0.2, 0) is 14.3 Å². The molecule has 34 heavy (non-hydrogen) atoms. The smallest absolute Gasteiger partial charge is 0.306 e. The van der Waals surface area contributed by atoms with Gasteiger partial charge in [-0.3, -0.25) is 9.59 Å². The highest BCUT2D eigenvalue weighted by Gasteiger charge is 2.41. The average Bonchev–Trinajstić information content (AvgIpc) is 2.87. The van der Waals surface area contributed by atoms with Gasteiger partial charge in [0.2, 0.25) is 0 Å². The average molecular weight is 492 g/mol. The van der Waals surface area contributed by atoms with Gasteiger partial charge in [0.25, 0.3) is 5.91 Å². The Balaban J connectivity index is 2.32. The molecule has 2 atom stereocenters. The molecule has 9 heteroatoms. The van der Waals surface area contributed by atoms with Crippen LogP contribution in [0.4, 0.5) is 5.69 Å². The van der Waals surface area contributed by atoms with E-state index in [-0.39, 0.29) is 5.41 Å². The second kappa shape index (κ2) is 10.1. The van der Waals surface area contributed by atoms with E-state index in [1.54, 1.807) is 35.2 Å². The summed E-state index contributed by atoms with van der Waals surface area (Å²) in [6, 6.07) is 8.52. The van der Waals surface area contributed by atoms with Gasteiger partial charge in [0.05, 0.1) is 33.3 Å². The van der Waals surface area contributed by atoms with Crippen LogP contribution in [0, 0.1) is 5.41 Å². The summed E-state index contributed by atoms with van der Waals surface area (Å²) in [4.78, 5) is 26.9. The number of carbonyl (C=O) groups is 2. The van der Waals surface area contributed by atoms with E-state index in [1.807, 2.05) is 20.8 Å². The predicted molar refractivity (Wildman–Crippen MR) is 128 cm³/mol. The number of amides is 1. The molecular weight excluding hydrogens is 462 g/mol. The number of carboxylic acids is 1. The maximum Gasteiger partial charge on any atom is 0.306 e. The van der Waals surface area contributed by atoms with E-state index in [0.717, 1.165) is 0 Å². The van der Waals surface area contributed by atoms with Crippen LogP contribution in [0.3, 0.4) is 0 Å². The van der Waals surface area contributed by atoms with Crippen molar-refractivity contribution >= 4 is 29.2 Å². The number of hydrogen-bond acceptors (Lipinski definition) is 6. The highest BCUT2D eigenvalue weighted by molar-refractivity contribution is 6.30. The lowest BCUT2D eigenvalue weighted by Crippen LogP contribution is -2.44. The molecule has 1 N–H and O–H groups in total. The van der Waals surface area contributed by atoms with E-state index in [1.165, 1.54) is 21.3 Å². The van der Waals surface area contributed by atoms with Gasteiger partial charge in [-0.2, -0.15) is 0 Å². The lowest BCUT2D eigenvalue weighted by molar-refractivity contribution is -0.147. The summed E-state index contributed by atoms with van der Waals surface area (Å²) < 4.78 is 22.9. The number of nitrogens with zero attached hydrogens (tertiary/aromatic N) is 1. The van der Waals surface area contributed by atoms with E-state index >= 15 is 0 Å². The third-order valence-electron chi connectivity index (χ3n) is 5.41. The zero-order valence-electron chi connectivity index (χ0n) is 20.2. The summed E-state index contributed by atoms with van der Waals surface area (Å²) in [5.41, 5.74) is 1.41. The standard InChI is InChI=1S/C25H30ClNO7/c1-25(2,3)13-27-17-8-7-14(26)9-16(17)23(34-20(24(27)30)12-21(28)29)22-18(32-5)10-15(31-4)11-19(22)33-6/h7-11,20,23H,12-13H2,1-6H3,(H,28,29)/t20-,23+/m0/s1. The van der Waals surface area contributed by atoms with Crippen molar-refractivity contribution < 1.29 is 33.6 Å². The van der Waals surface area contributed by atoms with Crippen molar-refractivity contribution in [3.8, 4) is 17.2 Å².